The minimum absolute atomic E-state index is 0. The quantitative estimate of drug-likeness (QED) is 0.747. The summed E-state index contributed by atoms with van der Waals surface area (Å²) >= 11 is 0. The Morgan fingerprint density at radius 2 is 2.28 bits per heavy atom. The van der Waals surface area contributed by atoms with Crippen LogP contribution in [0.1, 0.15) is 20.3 Å². The Morgan fingerprint density at radius 1 is 1.56 bits per heavy atom. The minimum Gasteiger partial charge on any atom is -0.385 e. The number of carbonyl (C=O) groups is 1. The Morgan fingerprint density at radius 3 is 2.83 bits per heavy atom. The van der Waals surface area contributed by atoms with E-state index in [0.29, 0.717) is 26.4 Å². The van der Waals surface area contributed by atoms with E-state index in [2.05, 4.69) is 24.5 Å². The van der Waals surface area contributed by atoms with Gasteiger partial charge in [0.2, 0.25) is 5.91 Å². The van der Waals surface area contributed by atoms with Gasteiger partial charge in [0.05, 0.1) is 13.2 Å². The monoisotopic (exact) mass is 280 g/mol. The van der Waals surface area contributed by atoms with Gasteiger partial charge < -0.3 is 20.1 Å². The van der Waals surface area contributed by atoms with E-state index >= 15 is 0 Å². The minimum atomic E-state index is -0.207. The molecule has 1 amide bonds. The first-order valence-electron chi connectivity index (χ1n) is 6.13. The number of morpholine rings is 1. The van der Waals surface area contributed by atoms with Crippen LogP contribution in [0.2, 0.25) is 0 Å². The summed E-state index contributed by atoms with van der Waals surface area (Å²) in [6.07, 6.45) is 0.929. The Labute approximate surface area is 115 Å². The lowest BCUT2D eigenvalue weighted by atomic mass is 9.89. The van der Waals surface area contributed by atoms with Gasteiger partial charge in [0.1, 0.15) is 6.04 Å². The van der Waals surface area contributed by atoms with Crippen LogP contribution in [0, 0.1) is 5.41 Å². The molecule has 0 aliphatic carbocycles. The van der Waals surface area contributed by atoms with Gasteiger partial charge >= 0.3 is 0 Å². The van der Waals surface area contributed by atoms with Crippen LogP contribution in [-0.4, -0.2) is 52.0 Å². The van der Waals surface area contributed by atoms with E-state index in [1.807, 2.05) is 0 Å². The van der Waals surface area contributed by atoms with Crippen molar-refractivity contribution in [3.63, 3.8) is 0 Å². The lowest BCUT2D eigenvalue weighted by molar-refractivity contribution is -0.126. The van der Waals surface area contributed by atoms with E-state index in [1.54, 1.807) is 7.11 Å². The topological polar surface area (TPSA) is 59.6 Å². The second-order valence-electron chi connectivity index (χ2n) is 5.21. The molecule has 0 saturated carbocycles. The van der Waals surface area contributed by atoms with Gasteiger partial charge in [-0.25, -0.2) is 0 Å². The van der Waals surface area contributed by atoms with Crippen molar-refractivity contribution in [1.82, 2.24) is 10.6 Å². The van der Waals surface area contributed by atoms with Gasteiger partial charge in [0.25, 0.3) is 0 Å². The summed E-state index contributed by atoms with van der Waals surface area (Å²) in [5, 5.41) is 6.10. The van der Waals surface area contributed by atoms with E-state index in [-0.39, 0.29) is 29.8 Å². The van der Waals surface area contributed by atoms with Gasteiger partial charge in [-0.15, -0.1) is 12.4 Å². The average molecular weight is 281 g/mol. The number of methoxy groups -OCH3 is 1. The molecule has 0 bridgehead atoms. The first kappa shape index (κ1) is 17.6. The van der Waals surface area contributed by atoms with Crippen LogP contribution in [-0.2, 0) is 14.3 Å². The van der Waals surface area contributed by atoms with Crippen LogP contribution in [0.4, 0.5) is 0 Å². The molecule has 1 rings (SSSR count). The molecule has 1 heterocycles. The maximum atomic E-state index is 11.8. The molecule has 5 nitrogen and oxygen atoms in total. The smallest absolute Gasteiger partial charge is 0.239 e. The first-order chi connectivity index (χ1) is 8.05. The molecule has 0 spiro atoms. The highest BCUT2D eigenvalue weighted by Gasteiger charge is 2.24. The van der Waals surface area contributed by atoms with Gasteiger partial charge in [-0.1, -0.05) is 13.8 Å². The number of rotatable bonds is 6. The lowest BCUT2D eigenvalue weighted by Crippen LogP contribution is -2.52. The normalized spacial score (nSPS) is 20.1. The molecule has 0 aromatic rings. The highest BCUT2D eigenvalue weighted by molar-refractivity contribution is 5.85. The third kappa shape index (κ3) is 6.54. The van der Waals surface area contributed by atoms with Gasteiger partial charge in [-0.3, -0.25) is 4.79 Å². The zero-order valence-electron chi connectivity index (χ0n) is 11.5. The zero-order valence-corrected chi connectivity index (χ0v) is 12.3. The van der Waals surface area contributed by atoms with Crippen molar-refractivity contribution in [3.8, 4) is 0 Å². The van der Waals surface area contributed by atoms with Crippen molar-refractivity contribution in [2.75, 3.05) is 40.0 Å². The molecular formula is C12H25ClN2O3. The molecule has 1 aliphatic rings. The predicted octanol–water partition coefficient (Wildman–Crippen LogP) is 0.576. The molecule has 1 aliphatic heterocycles. The molecule has 0 aromatic heterocycles. The zero-order chi connectivity index (χ0) is 12.7. The summed E-state index contributed by atoms with van der Waals surface area (Å²) in [6, 6.07) is -0.207. The van der Waals surface area contributed by atoms with Crippen molar-refractivity contribution >= 4 is 18.3 Å². The second-order valence-corrected chi connectivity index (χ2v) is 5.21. The summed E-state index contributed by atoms with van der Waals surface area (Å²) < 4.78 is 10.3. The molecule has 1 unspecified atom stereocenters. The molecule has 1 atom stereocenters. The molecule has 108 valence electrons. The third-order valence-corrected chi connectivity index (χ3v) is 2.96. The number of hydrogen-bond donors (Lipinski definition) is 2. The Hall–Kier alpha value is -0.360. The van der Waals surface area contributed by atoms with Crippen LogP contribution in [0.5, 0.6) is 0 Å². The SMILES string of the molecule is COCCC(C)(C)CNC(=O)C1COCCN1.Cl. The molecule has 1 fully saturated rings. The standard InChI is InChI=1S/C12H24N2O3.ClH/c1-12(2,4-6-16-3)9-14-11(15)10-8-17-7-5-13-10;/h10,13H,4-9H2,1-3H3,(H,14,15);1H. The summed E-state index contributed by atoms with van der Waals surface area (Å²) in [5.74, 6) is 0.0233. The molecular weight excluding hydrogens is 256 g/mol. The van der Waals surface area contributed by atoms with Crippen molar-refractivity contribution in [1.29, 1.82) is 0 Å². The Kier molecular flexibility index (Phi) is 8.52. The van der Waals surface area contributed by atoms with Gasteiger partial charge in [0.15, 0.2) is 0 Å². The largest absolute Gasteiger partial charge is 0.385 e. The number of nitrogens with one attached hydrogen (secondary N) is 2. The van der Waals surface area contributed by atoms with Crippen LogP contribution >= 0.6 is 12.4 Å². The summed E-state index contributed by atoms with van der Waals surface area (Å²) in [7, 11) is 1.69. The second kappa shape index (κ2) is 8.69. The van der Waals surface area contributed by atoms with E-state index in [4.69, 9.17) is 9.47 Å². The molecule has 2 N–H and O–H groups in total. The predicted molar refractivity (Wildman–Crippen MR) is 73.1 cm³/mol. The number of hydrogen-bond acceptors (Lipinski definition) is 4. The number of ether oxygens (including phenoxy) is 2. The number of halogens is 1. The third-order valence-electron chi connectivity index (χ3n) is 2.96. The average Bonchev–Trinajstić information content (AvgIpc) is 2.35. The maximum absolute atomic E-state index is 11.8. The molecule has 1 saturated heterocycles. The fourth-order valence-corrected chi connectivity index (χ4v) is 1.65. The van der Waals surface area contributed by atoms with Crippen LogP contribution in [0.15, 0.2) is 0 Å². The van der Waals surface area contributed by atoms with E-state index in [1.165, 1.54) is 0 Å². The van der Waals surface area contributed by atoms with Crippen molar-refractivity contribution < 1.29 is 14.3 Å². The van der Waals surface area contributed by atoms with E-state index in [9.17, 15) is 4.79 Å². The molecule has 0 aromatic carbocycles. The molecule has 0 radical (unpaired) electrons. The van der Waals surface area contributed by atoms with Crippen molar-refractivity contribution in [2.45, 2.75) is 26.3 Å². The van der Waals surface area contributed by atoms with Crippen LogP contribution < -0.4 is 10.6 Å². The molecule has 6 heteroatoms. The maximum Gasteiger partial charge on any atom is 0.239 e. The highest BCUT2D eigenvalue weighted by atomic mass is 35.5. The first-order valence-corrected chi connectivity index (χ1v) is 6.13. The summed E-state index contributed by atoms with van der Waals surface area (Å²) in [4.78, 5) is 11.8. The van der Waals surface area contributed by atoms with Gasteiger partial charge in [0, 0.05) is 26.8 Å². The summed E-state index contributed by atoms with van der Waals surface area (Å²) in [5.41, 5.74) is 0.0567. The fraction of sp³-hybridized carbons (Fsp3) is 0.917. The van der Waals surface area contributed by atoms with E-state index < -0.39 is 0 Å². The van der Waals surface area contributed by atoms with Crippen molar-refractivity contribution in [2.24, 2.45) is 5.41 Å². The Bertz CT molecular complexity index is 243. The highest BCUT2D eigenvalue weighted by Crippen LogP contribution is 2.18. The number of carbonyl (C=O) groups excluding carboxylic acids is 1. The fourth-order valence-electron chi connectivity index (χ4n) is 1.65. The lowest BCUT2D eigenvalue weighted by Gasteiger charge is -2.27. The summed E-state index contributed by atoms with van der Waals surface area (Å²) in [6.45, 7) is 7.51. The molecule has 18 heavy (non-hydrogen) atoms. The Balaban J connectivity index is 0.00000289. The van der Waals surface area contributed by atoms with Crippen molar-refractivity contribution in [3.05, 3.63) is 0 Å². The van der Waals surface area contributed by atoms with Gasteiger partial charge in [-0.2, -0.15) is 0 Å². The number of amides is 1. The van der Waals surface area contributed by atoms with Gasteiger partial charge in [-0.05, 0) is 11.8 Å². The van der Waals surface area contributed by atoms with Crippen LogP contribution in [0.25, 0.3) is 0 Å². The van der Waals surface area contributed by atoms with E-state index in [0.717, 1.165) is 13.0 Å². The van der Waals surface area contributed by atoms with Crippen LogP contribution in [0.3, 0.4) is 0 Å².